The average Bonchev–Trinajstić information content (AvgIpc) is 3.25. The fraction of sp³-hybridized carbons (Fsp3) is 0.667. The van der Waals surface area contributed by atoms with E-state index in [2.05, 4.69) is 15.2 Å². The maximum atomic E-state index is 6.07. The van der Waals surface area contributed by atoms with Gasteiger partial charge in [-0.25, -0.2) is 0 Å². The van der Waals surface area contributed by atoms with Crippen LogP contribution in [0.1, 0.15) is 47.2 Å². The standard InChI is InChI=1S/C18H26N4O2/c1-12-16(13(2)24-20-12)9-22-7-6-15-8-19-21(3)18(15)17(22)11-23-10-14-4-5-14/h8,14,17H,4-7,9-11H2,1-3H3/t17-/m1/s1. The maximum Gasteiger partial charge on any atom is 0.138 e. The zero-order chi connectivity index (χ0) is 16.7. The maximum absolute atomic E-state index is 6.07. The second-order valence-corrected chi connectivity index (χ2v) is 7.20. The molecule has 1 fully saturated rings. The number of hydrogen-bond donors (Lipinski definition) is 0. The minimum atomic E-state index is 0.244. The number of rotatable bonds is 6. The van der Waals surface area contributed by atoms with Crippen LogP contribution >= 0.6 is 0 Å². The first-order valence-electron chi connectivity index (χ1n) is 8.87. The SMILES string of the molecule is Cc1noc(C)c1CN1CCc2cnn(C)c2[C@H]1COCC1CC1. The predicted octanol–water partition coefficient (Wildman–Crippen LogP) is 2.55. The van der Waals surface area contributed by atoms with Crippen molar-refractivity contribution in [2.75, 3.05) is 19.8 Å². The van der Waals surface area contributed by atoms with Crippen LogP contribution in [0.25, 0.3) is 0 Å². The Morgan fingerprint density at radius 1 is 1.29 bits per heavy atom. The molecule has 3 heterocycles. The minimum absolute atomic E-state index is 0.244. The van der Waals surface area contributed by atoms with Crippen LogP contribution in [-0.2, 0) is 24.8 Å². The van der Waals surface area contributed by atoms with Crippen LogP contribution in [0.15, 0.2) is 10.7 Å². The van der Waals surface area contributed by atoms with Crippen molar-refractivity contribution in [2.45, 2.75) is 45.7 Å². The molecular weight excluding hydrogens is 304 g/mol. The van der Waals surface area contributed by atoms with Gasteiger partial charge in [0.25, 0.3) is 0 Å². The van der Waals surface area contributed by atoms with Crippen LogP contribution in [0.4, 0.5) is 0 Å². The summed E-state index contributed by atoms with van der Waals surface area (Å²) in [4.78, 5) is 2.49. The monoisotopic (exact) mass is 330 g/mol. The summed E-state index contributed by atoms with van der Waals surface area (Å²) in [5.74, 6) is 1.71. The van der Waals surface area contributed by atoms with Gasteiger partial charge in [0.05, 0.1) is 30.2 Å². The number of aromatic nitrogens is 3. The highest BCUT2D eigenvalue weighted by Gasteiger charge is 2.32. The van der Waals surface area contributed by atoms with E-state index in [1.165, 1.54) is 29.7 Å². The summed E-state index contributed by atoms with van der Waals surface area (Å²) in [6.07, 6.45) is 5.69. The first-order valence-corrected chi connectivity index (χ1v) is 8.87. The zero-order valence-electron chi connectivity index (χ0n) is 14.8. The van der Waals surface area contributed by atoms with Crippen LogP contribution in [0.5, 0.6) is 0 Å². The summed E-state index contributed by atoms with van der Waals surface area (Å²) in [5.41, 5.74) is 4.84. The van der Waals surface area contributed by atoms with E-state index in [0.29, 0.717) is 0 Å². The Kier molecular flexibility index (Phi) is 4.18. The van der Waals surface area contributed by atoms with E-state index in [-0.39, 0.29) is 6.04 Å². The molecule has 1 aliphatic heterocycles. The van der Waals surface area contributed by atoms with Gasteiger partial charge in [-0.1, -0.05) is 5.16 Å². The summed E-state index contributed by atoms with van der Waals surface area (Å²) in [6, 6.07) is 0.244. The third kappa shape index (κ3) is 3.00. The molecule has 130 valence electrons. The second kappa shape index (κ2) is 6.33. The largest absolute Gasteiger partial charge is 0.379 e. The molecule has 6 heteroatoms. The molecule has 0 saturated heterocycles. The molecule has 6 nitrogen and oxygen atoms in total. The van der Waals surface area contributed by atoms with Gasteiger partial charge < -0.3 is 9.26 Å². The molecule has 24 heavy (non-hydrogen) atoms. The van der Waals surface area contributed by atoms with Crippen molar-refractivity contribution in [3.63, 3.8) is 0 Å². The molecule has 2 aromatic rings. The Hall–Kier alpha value is -1.66. The molecule has 2 aromatic heterocycles. The molecule has 0 radical (unpaired) electrons. The van der Waals surface area contributed by atoms with Gasteiger partial charge in [0.15, 0.2) is 0 Å². The Balaban J connectivity index is 1.55. The summed E-state index contributed by atoms with van der Waals surface area (Å²) in [7, 11) is 2.03. The van der Waals surface area contributed by atoms with Crippen LogP contribution in [0.2, 0.25) is 0 Å². The molecule has 0 amide bonds. The van der Waals surface area contributed by atoms with Crippen molar-refractivity contribution in [1.82, 2.24) is 19.8 Å². The fourth-order valence-corrected chi connectivity index (χ4v) is 3.64. The van der Waals surface area contributed by atoms with Gasteiger partial charge >= 0.3 is 0 Å². The molecule has 4 rings (SSSR count). The molecule has 0 bridgehead atoms. The van der Waals surface area contributed by atoms with Crippen LogP contribution in [-0.4, -0.2) is 39.6 Å². The highest BCUT2D eigenvalue weighted by Crippen LogP contribution is 2.33. The highest BCUT2D eigenvalue weighted by molar-refractivity contribution is 5.27. The minimum Gasteiger partial charge on any atom is -0.379 e. The van der Waals surface area contributed by atoms with Crippen LogP contribution < -0.4 is 0 Å². The van der Waals surface area contributed by atoms with Crippen LogP contribution in [0.3, 0.4) is 0 Å². The molecule has 0 aromatic carbocycles. The van der Waals surface area contributed by atoms with E-state index in [1.807, 2.05) is 31.8 Å². The summed E-state index contributed by atoms with van der Waals surface area (Å²) in [6.45, 7) is 7.50. The summed E-state index contributed by atoms with van der Waals surface area (Å²) in [5, 5.41) is 8.58. The topological polar surface area (TPSA) is 56.3 Å². The fourth-order valence-electron chi connectivity index (χ4n) is 3.64. The Morgan fingerprint density at radius 3 is 2.83 bits per heavy atom. The van der Waals surface area contributed by atoms with E-state index in [9.17, 15) is 0 Å². The number of ether oxygens (including phenoxy) is 1. The van der Waals surface area contributed by atoms with Crippen LogP contribution in [0, 0.1) is 19.8 Å². The number of fused-ring (bicyclic) bond motifs is 1. The zero-order valence-corrected chi connectivity index (χ0v) is 14.8. The van der Waals surface area contributed by atoms with E-state index < -0.39 is 0 Å². The summed E-state index contributed by atoms with van der Waals surface area (Å²) < 4.78 is 13.4. The number of nitrogens with zero attached hydrogens (tertiary/aromatic N) is 4. The van der Waals surface area contributed by atoms with E-state index in [0.717, 1.165) is 50.1 Å². The van der Waals surface area contributed by atoms with Crippen molar-refractivity contribution in [3.05, 3.63) is 34.5 Å². The van der Waals surface area contributed by atoms with E-state index in [4.69, 9.17) is 9.26 Å². The molecule has 1 saturated carbocycles. The van der Waals surface area contributed by atoms with Gasteiger partial charge in [-0.3, -0.25) is 9.58 Å². The van der Waals surface area contributed by atoms with Crippen molar-refractivity contribution >= 4 is 0 Å². The summed E-state index contributed by atoms with van der Waals surface area (Å²) >= 11 is 0. The Morgan fingerprint density at radius 2 is 2.12 bits per heavy atom. The average molecular weight is 330 g/mol. The first-order chi connectivity index (χ1) is 11.6. The predicted molar refractivity (Wildman–Crippen MR) is 89.6 cm³/mol. The van der Waals surface area contributed by atoms with Gasteiger partial charge in [-0.2, -0.15) is 5.10 Å². The Labute approximate surface area is 142 Å². The van der Waals surface area contributed by atoms with Gasteiger partial charge in [0, 0.05) is 32.3 Å². The van der Waals surface area contributed by atoms with Gasteiger partial charge in [-0.15, -0.1) is 0 Å². The smallest absolute Gasteiger partial charge is 0.138 e. The molecule has 1 atom stereocenters. The highest BCUT2D eigenvalue weighted by atomic mass is 16.5. The second-order valence-electron chi connectivity index (χ2n) is 7.20. The normalized spacial score (nSPS) is 21.2. The molecule has 1 aliphatic carbocycles. The molecule has 0 unspecified atom stereocenters. The van der Waals surface area contributed by atoms with Gasteiger partial charge in [-0.05, 0) is 44.6 Å². The number of hydrogen-bond acceptors (Lipinski definition) is 5. The first kappa shape index (κ1) is 15.8. The lowest BCUT2D eigenvalue weighted by Gasteiger charge is -2.36. The van der Waals surface area contributed by atoms with Crippen molar-refractivity contribution in [3.8, 4) is 0 Å². The number of aryl methyl sites for hydroxylation is 3. The van der Waals surface area contributed by atoms with Crippen molar-refractivity contribution in [1.29, 1.82) is 0 Å². The lowest BCUT2D eigenvalue weighted by Crippen LogP contribution is -2.38. The van der Waals surface area contributed by atoms with E-state index in [1.54, 1.807) is 0 Å². The van der Waals surface area contributed by atoms with Gasteiger partial charge in [0.2, 0.25) is 0 Å². The van der Waals surface area contributed by atoms with Gasteiger partial charge in [0.1, 0.15) is 5.76 Å². The lowest BCUT2D eigenvalue weighted by molar-refractivity contribution is 0.0410. The molecule has 0 N–H and O–H groups in total. The quantitative estimate of drug-likeness (QED) is 0.815. The lowest BCUT2D eigenvalue weighted by atomic mass is 9.99. The molecule has 2 aliphatic rings. The molecule has 0 spiro atoms. The van der Waals surface area contributed by atoms with E-state index >= 15 is 0 Å². The van der Waals surface area contributed by atoms with Crippen molar-refractivity contribution < 1.29 is 9.26 Å². The molecular formula is C18H26N4O2. The Bertz CT molecular complexity index is 697. The third-order valence-electron chi connectivity index (χ3n) is 5.36. The van der Waals surface area contributed by atoms with Crippen molar-refractivity contribution in [2.24, 2.45) is 13.0 Å². The third-order valence-corrected chi connectivity index (χ3v) is 5.36.